The fourth-order valence-corrected chi connectivity index (χ4v) is 4.31. The molecule has 0 spiro atoms. The van der Waals surface area contributed by atoms with E-state index in [0.717, 1.165) is 25.2 Å². The first-order valence-electron chi connectivity index (χ1n) is 8.57. The van der Waals surface area contributed by atoms with Crippen LogP contribution in [0, 0.1) is 12.8 Å². The highest BCUT2D eigenvalue weighted by atomic mass is 16.3. The number of aliphatic hydroxyl groups is 1. The molecule has 3 atom stereocenters. The Bertz CT molecular complexity index is 471. The number of hydrogen-bond donors (Lipinski definition) is 1. The van der Waals surface area contributed by atoms with Crippen molar-refractivity contribution in [2.24, 2.45) is 13.0 Å². The first-order chi connectivity index (χ1) is 10.1. The molecule has 2 fully saturated rings. The van der Waals surface area contributed by atoms with Crippen molar-refractivity contribution in [1.29, 1.82) is 0 Å². The summed E-state index contributed by atoms with van der Waals surface area (Å²) in [6.07, 6.45) is 8.45. The Balaban J connectivity index is 1.73. The molecule has 0 radical (unpaired) electrons. The summed E-state index contributed by atoms with van der Waals surface area (Å²) in [7, 11) is 2.04. The van der Waals surface area contributed by atoms with Gasteiger partial charge in [0.05, 0.1) is 17.5 Å². The number of aromatic nitrogens is 2. The zero-order valence-electron chi connectivity index (χ0n) is 13.5. The molecule has 0 bridgehead atoms. The molecule has 1 saturated heterocycles. The zero-order chi connectivity index (χ0) is 14.8. The molecule has 1 saturated carbocycles. The van der Waals surface area contributed by atoms with E-state index in [9.17, 15) is 5.11 Å². The Morgan fingerprint density at radius 3 is 2.67 bits per heavy atom. The Kier molecular flexibility index (Phi) is 4.65. The highest BCUT2D eigenvalue weighted by Crippen LogP contribution is 2.34. The average molecular weight is 291 g/mol. The number of nitrogens with zero attached hydrogens (tertiary/aromatic N) is 3. The Morgan fingerprint density at radius 1 is 1.19 bits per heavy atom. The minimum absolute atomic E-state index is 0.0855. The van der Waals surface area contributed by atoms with Crippen molar-refractivity contribution in [2.75, 3.05) is 6.54 Å². The molecule has 1 aliphatic carbocycles. The Hall–Kier alpha value is -0.870. The van der Waals surface area contributed by atoms with E-state index in [1.165, 1.54) is 44.2 Å². The van der Waals surface area contributed by atoms with E-state index in [0.29, 0.717) is 12.0 Å². The molecule has 0 aromatic carbocycles. The maximum atomic E-state index is 10.4. The quantitative estimate of drug-likeness (QED) is 0.931. The molecule has 2 aliphatic rings. The van der Waals surface area contributed by atoms with E-state index < -0.39 is 0 Å². The van der Waals surface area contributed by atoms with Crippen LogP contribution in [-0.2, 0) is 13.6 Å². The summed E-state index contributed by atoms with van der Waals surface area (Å²) in [5.41, 5.74) is 2.39. The topological polar surface area (TPSA) is 41.3 Å². The highest BCUT2D eigenvalue weighted by Gasteiger charge is 2.35. The van der Waals surface area contributed by atoms with Gasteiger partial charge in [0.25, 0.3) is 0 Å². The van der Waals surface area contributed by atoms with Gasteiger partial charge in [-0.3, -0.25) is 9.58 Å². The molecule has 118 valence electrons. The SMILES string of the molecule is Cc1cc(CN2CCCCC2C2CCCCC2O)n(C)n1. The van der Waals surface area contributed by atoms with E-state index in [2.05, 4.69) is 23.0 Å². The number of rotatable bonds is 3. The molecular weight excluding hydrogens is 262 g/mol. The Labute approximate surface area is 128 Å². The minimum atomic E-state index is -0.0855. The third-order valence-electron chi connectivity index (χ3n) is 5.40. The summed E-state index contributed by atoms with van der Waals surface area (Å²) >= 11 is 0. The zero-order valence-corrected chi connectivity index (χ0v) is 13.5. The van der Waals surface area contributed by atoms with Gasteiger partial charge in [-0.1, -0.05) is 19.3 Å². The lowest BCUT2D eigenvalue weighted by molar-refractivity contribution is -0.00935. The van der Waals surface area contributed by atoms with Crippen molar-refractivity contribution in [1.82, 2.24) is 14.7 Å². The molecule has 1 aliphatic heterocycles. The summed E-state index contributed by atoms with van der Waals surface area (Å²) in [6, 6.07) is 2.76. The van der Waals surface area contributed by atoms with Gasteiger partial charge in [0.2, 0.25) is 0 Å². The van der Waals surface area contributed by atoms with Crippen LogP contribution in [0.25, 0.3) is 0 Å². The predicted molar refractivity (Wildman–Crippen MR) is 84.0 cm³/mol. The van der Waals surface area contributed by atoms with Gasteiger partial charge in [0.15, 0.2) is 0 Å². The predicted octanol–water partition coefficient (Wildman–Crippen LogP) is 2.63. The summed E-state index contributed by atoms with van der Waals surface area (Å²) in [6.45, 7) is 4.20. The summed E-state index contributed by atoms with van der Waals surface area (Å²) < 4.78 is 2.01. The van der Waals surface area contributed by atoms with Gasteiger partial charge in [-0.15, -0.1) is 0 Å². The summed E-state index contributed by atoms with van der Waals surface area (Å²) in [5, 5.41) is 14.9. The number of aliphatic hydroxyl groups excluding tert-OH is 1. The molecule has 2 heterocycles. The Morgan fingerprint density at radius 2 is 1.95 bits per heavy atom. The van der Waals surface area contributed by atoms with Crippen LogP contribution in [0.1, 0.15) is 56.3 Å². The lowest BCUT2D eigenvalue weighted by Crippen LogP contribution is -2.48. The van der Waals surface area contributed by atoms with E-state index >= 15 is 0 Å². The first-order valence-corrected chi connectivity index (χ1v) is 8.57. The van der Waals surface area contributed by atoms with Crippen molar-refractivity contribution >= 4 is 0 Å². The monoisotopic (exact) mass is 291 g/mol. The smallest absolute Gasteiger partial charge is 0.0597 e. The molecule has 3 rings (SSSR count). The van der Waals surface area contributed by atoms with Crippen LogP contribution in [0.15, 0.2) is 6.07 Å². The van der Waals surface area contributed by atoms with Crippen LogP contribution in [0.3, 0.4) is 0 Å². The first kappa shape index (κ1) is 15.0. The van der Waals surface area contributed by atoms with Crippen molar-refractivity contribution in [3.8, 4) is 0 Å². The van der Waals surface area contributed by atoms with E-state index in [4.69, 9.17) is 0 Å². The standard InChI is InChI=1S/C17H29N3O/c1-13-11-14(19(2)18-13)12-20-10-6-5-8-16(20)15-7-3-4-9-17(15)21/h11,15-17,21H,3-10,12H2,1-2H3. The van der Waals surface area contributed by atoms with Gasteiger partial charge < -0.3 is 5.11 Å². The van der Waals surface area contributed by atoms with E-state index in [1.54, 1.807) is 0 Å². The van der Waals surface area contributed by atoms with Crippen LogP contribution in [0.5, 0.6) is 0 Å². The van der Waals surface area contributed by atoms with Gasteiger partial charge in [-0.2, -0.15) is 5.10 Å². The lowest BCUT2D eigenvalue weighted by Gasteiger charge is -2.43. The second kappa shape index (κ2) is 6.49. The molecule has 1 aromatic rings. The van der Waals surface area contributed by atoms with E-state index in [1.807, 2.05) is 11.7 Å². The molecule has 4 heteroatoms. The number of hydrogen-bond acceptors (Lipinski definition) is 3. The molecule has 21 heavy (non-hydrogen) atoms. The van der Waals surface area contributed by atoms with Crippen LogP contribution in [0.2, 0.25) is 0 Å². The second-order valence-electron chi connectivity index (χ2n) is 6.95. The maximum absolute atomic E-state index is 10.4. The fraction of sp³-hybridized carbons (Fsp3) is 0.824. The number of likely N-dealkylation sites (tertiary alicyclic amines) is 1. The molecule has 3 unspecified atom stereocenters. The molecule has 1 N–H and O–H groups in total. The largest absolute Gasteiger partial charge is 0.393 e. The van der Waals surface area contributed by atoms with Crippen molar-refractivity contribution in [2.45, 2.75) is 70.6 Å². The van der Waals surface area contributed by atoms with Gasteiger partial charge in [0.1, 0.15) is 0 Å². The number of piperidine rings is 1. The van der Waals surface area contributed by atoms with Crippen LogP contribution >= 0.6 is 0 Å². The minimum Gasteiger partial charge on any atom is -0.393 e. The van der Waals surface area contributed by atoms with Crippen molar-refractivity contribution < 1.29 is 5.11 Å². The van der Waals surface area contributed by atoms with Gasteiger partial charge in [0, 0.05) is 25.6 Å². The maximum Gasteiger partial charge on any atom is 0.0597 e. The van der Waals surface area contributed by atoms with Gasteiger partial charge >= 0.3 is 0 Å². The van der Waals surface area contributed by atoms with Crippen LogP contribution in [0.4, 0.5) is 0 Å². The van der Waals surface area contributed by atoms with Gasteiger partial charge in [-0.05, 0) is 45.2 Å². The van der Waals surface area contributed by atoms with Gasteiger partial charge in [-0.25, -0.2) is 0 Å². The second-order valence-corrected chi connectivity index (χ2v) is 6.95. The van der Waals surface area contributed by atoms with Crippen molar-refractivity contribution in [3.63, 3.8) is 0 Å². The average Bonchev–Trinajstić information content (AvgIpc) is 2.78. The van der Waals surface area contributed by atoms with Crippen LogP contribution in [-0.4, -0.2) is 38.5 Å². The lowest BCUT2D eigenvalue weighted by atomic mass is 9.78. The molecule has 1 aromatic heterocycles. The third-order valence-corrected chi connectivity index (χ3v) is 5.40. The van der Waals surface area contributed by atoms with E-state index in [-0.39, 0.29) is 6.10 Å². The molecule has 4 nitrogen and oxygen atoms in total. The number of aryl methyl sites for hydroxylation is 2. The summed E-state index contributed by atoms with van der Waals surface area (Å²) in [5.74, 6) is 0.480. The van der Waals surface area contributed by atoms with Crippen LogP contribution < -0.4 is 0 Å². The molecular formula is C17H29N3O. The fourth-order valence-electron chi connectivity index (χ4n) is 4.31. The summed E-state index contributed by atoms with van der Waals surface area (Å²) in [4.78, 5) is 2.61. The normalized spacial score (nSPS) is 31.5. The highest BCUT2D eigenvalue weighted by molar-refractivity contribution is 5.09. The molecule has 0 amide bonds. The third kappa shape index (κ3) is 3.32. The van der Waals surface area contributed by atoms with Crippen molar-refractivity contribution in [3.05, 3.63) is 17.5 Å².